The van der Waals surface area contributed by atoms with E-state index in [-0.39, 0.29) is 0 Å². The summed E-state index contributed by atoms with van der Waals surface area (Å²) >= 11 is 2.03. The summed E-state index contributed by atoms with van der Waals surface area (Å²) in [5.74, 6) is 1.27. The lowest BCUT2D eigenvalue weighted by Crippen LogP contribution is -2.44. The first-order valence-electron chi connectivity index (χ1n) is 5.75. The lowest BCUT2D eigenvalue weighted by atomic mass is 9.74. The lowest BCUT2D eigenvalue weighted by Gasteiger charge is -2.46. The molecule has 1 saturated heterocycles. The highest BCUT2D eigenvalue weighted by Crippen LogP contribution is 2.50. The number of nitrogens with one attached hydrogen (secondary N) is 1. The van der Waals surface area contributed by atoms with Crippen LogP contribution in [0, 0.1) is 5.41 Å². The highest BCUT2D eigenvalue weighted by Gasteiger charge is 2.41. The maximum Gasteiger partial charge on any atom is 0.0393 e. The Morgan fingerprint density at radius 2 is 2.27 bits per heavy atom. The first-order valence-corrected chi connectivity index (χ1v) is 6.73. The number of benzene rings is 1. The van der Waals surface area contributed by atoms with Gasteiger partial charge in [-0.3, -0.25) is 0 Å². The van der Waals surface area contributed by atoms with Crippen molar-refractivity contribution < 1.29 is 0 Å². The second-order valence-corrected chi connectivity index (χ2v) is 5.99. The number of thioether (sulfide) groups is 1. The predicted molar refractivity (Wildman–Crippen MR) is 65.3 cm³/mol. The molecule has 1 nitrogen and oxygen atoms in total. The van der Waals surface area contributed by atoms with Gasteiger partial charge in [-0.05, 0) is 36.4 Å². The molecule has 1 aromatic rings. The van der Waals surface area contributed by atoms with Crippen molar-refractivity contribution in [3.05, 3.63) is 29.8 Å². The molecular formula is C13H17NS. The van der Waals surface area contributed by atoms with Gasteiger partial charge in [0.2, 0.25) is 0 Å². The molecule has 2 atom stereocenters. The van der Waals surface area contributed by atoms with Crippen LogP contribution in [0.1, 0.15) is 31.4 Å². The van der Waals surface area contributed by atoms with Crippen LogP contribution in [0.2, 0.25) is 0 Å². The molecule has 2 heterocycles. The molecule has 15 heavy (non-hydrogen) atoms. The Morgan fingerprint density at radius 1 is 1.40 bits per heavy atom. The minimum absolute atomic E-state index is 0.470. The highest BCUT2D eigenvalue weighted by atomic mass is 32.2. The number of fused-ring (bicyclic) bond motifs is 3. The molecule has 0 spiro atoms. The molecule has 0 radical (unpaired) electrons. The van der Waals surface area contributed by atoms with Crippen molar-refractivity contribution in [1.29, 1.82) is 0 Å². The summed E-state index contributed by atoms with van der Waals surface area (Å²) in [4.78, 5) is 1.48. The van der Waals surface area contributed by atoms with E-state index in [1.807, 2.05) is 11.8 Å². The maximum absolute atomic E-state index is 3.70. The van der Waals surface area contributed by atoms with E-state index in [0.717, 1.165) is 0 Å². The summed E-state index contributed by atoms with van der Waals surface area (Å²) < 4.78 is 0. The van der Waals surface area contributed by atoms with E-state index in [1.165, 1.54) is 35.6 Å². The number of hydrogen-bond acceptors (Lipinski definition) is 2. The van der Waals surface area contributed by atoms with Gasteiger partial charge in [0.15, 0.2) is 0 Å². The Hall–Kier alpha value is -0.470. The Morgan fingerprint density at radius 3 is 3.20 bits per heavy atom. The monoisotopic (exact) mass is 219 g/mol. The summed E-state index contributed by atoms with van der Waals surface area (Å²) in [5, 5.41) is 3.70. The number of rotatable bonds is 0. The fourth-order valence-electron chi connectivity index (χ4n) is 2.86. The van der Waals surface area contributed by atoms with Crippen molar-refractivity contribution in [3.63, 3.8) is 0 Å². The molecule has 0 bridgehead atoms. The van der Waals surface area contributed by atoms with Crippen LogP contribution in [-0.4, -0.2) is 12.3 Å². The summed E-state index contributed by atoms with van der Waals surface area (Å²) in [7, 11) is 0. The molecule has 1 N–H and O–H groups in total. The van der Waals surface area contributed by atoms with Gasteiger partial charge in [-0.25, -0.2) is 0 Å². The fourth-order valence-corrected chi connectivity index (χ4v) is 4.19. The van der Waals surface area contributed by atoms with Crippen LogP contribution in [0.5, 0.6) is 0 Å². The van der Waals surface area contributed by atoms with Crippen molar-refractivity contribution in [2.45, 2.75) is 30.7 Å². The standard InChI is InChI=1S/C13H17NS/c1-13-7-4-8-14-12(13)10-5-2-3-6-11(10)15-9-13/h2-3,5-6,12,14H,4,7-9H2,1H3. The van der Waals surface area contributed by atoms with E-state index in [4.69, 9.17) is 0 Å². The van der Waals surface area contributed by atoms with Crippen molar-refractivity contribution in [2.24, 2.45) is 5.41 Å². The van der Waals surface area contributed by atoms with Gasteiger partial charge >= 0.3 is 0 Å². The van der Waals surface area contributed by atoms with Gasteiger partial charge in [-0.15, -0.1) is 11.8 Å². The molecule has 2 heteroatoms. The van der Waals surface area contributed by atoms with Crippen LogP contribution < -0.4 is 5.32 Å². The zero-order valence-corrected chi connectivity index (χ0v) is 9.94. The van der Waals surface area contributed by atoms with E-state index in [9.17, 15) is 0 Å². The van der Waals surface area contributed by atoms with Crippen LogP contribution >= 0.6 is 11.8 Å². The van der Waals surface area contributed by atoms with E-state index in [0.29, 0.717) is 11.5 Å². The normalized spacial score (nSPS) is 34.3. The first kappa shape index (κ1) is 9.73. The van der Waals surface area contributed by atoms with E-state index in [2.05, 4.69) is 36.5 Å². The molecule has 1 aromatic carbocycles. The molecule has 0 aliphatic carbocycles. The minimum Gasteiger partial charge on any atom is -0.309 e. The Kier molecular flexibility index (Phi) is 2.29. The van der Waals surface area contributed by atoms with E-state index >= 15 is 0 Å². The summed E-state index contributed by atoms with van der Waals surface area (Å²) in [6.07, 6.45) is 2.70. The van der Waals surface area contributed by atoms with Crippen LogP contribution in [0.25, 0.3) is 0 Å². The van der Waals surface area contributed by atoms with Gasteiger partial charge in [0.1, 0.15) is 0 Å². The van der Waals surface area contributed by atoms with Gasteiger partial charge in [0.05, 0.1) is 0 Å². The molecule has 2 unspecified atom stereocenters. The van der Waals surface area contributed by atoms with Crippen LogP contribution in [0.15, 0.2) is 29.2 Å². The summed E-state index contributed by atoms with van der Waals surface area (Å²) in [6.45, 7) is 3.62. The van der Waals surface area contributed by atoms with Crippen molar-refractivity contribution in [1.82, 2.24) is 5.32 Å². The molecular weight excluding hydrogens is 202 g/mol. The zero-order valence-electron chi connectivity index (χ0n) is 9.12. The van der Waals surface area contributed by atoms with Crippen molar-refractivity contribution in [2.75, 3.05) is 12.3 Å². The van der Waals surface area contributed by atoms with Gasteiger partial charge < -0.3 is 5.32 Å². The average Bonchev–Trinajstić information content (AvgIpc) is 2.28. The second kappa shape index (κ2) is 3.53. The average molecular weight is 219 g/mol. The topological polar surface area (TPSA) is 12.0 Å². The third kappa shape index (κ3) is 1.51. The van der Waals surface area contributed by atoms with E-state index in [1.54, 1.807) is 0 Å². The third-order valence-corrected chi connectivity index (χ3v) is 5.24. The lowest BCUT2D eigenvalue weighted by molar-refractivity contribution is 0.181. The first-order chi connectivity index (χ1) is 7.30. The third-order valence-electron chi connectivity index (χ3n) is 3.76. The molecule has 80 valence electrons. The number of hydrogen-bond donors (Lipinski definition) is 1. The maximum atomic E-state index is 3.70. The van der Waals surface area contributed by atoms with Gasteiger partial charge in [-0.2, -0.15) is 0 Å². The minimum atomic E-state index is 0.470. The second-order valence-electron chi connectivity index (χ2n) is 4.97. The van der Waals surface area contributed by atoms with E-state index < -0.39 is 0 Å². The van der Waals surface area contributed by atoms with Crippen LogP contribution in [0.4, 0.5) is 0 Å². The van der Waals surface area contributed by atoms with Gasteiger partial charge in [0, 0.05) is 16.7 Å². The Labute approximate surface area is 95.6 Å². The smallest absolute Gasteiger partial charge is 0.0393 e. The van der Waals surface area contributed by atoms with Crippen LogP contribution in [-0.2, 0) is 0 Å². The fraction of sp³-hybridized carbons (Fsp3) is 0.538. The Bertz CT molecular complexity index is 377. The van der Waals surface area contributed by atoms with Gasteiger partial charge in [0.25, 0.3) is 0 Å². The quantitative estimate of drug-likeness (QED) is 0.719. The molecule has 3 rings (SSSR count). The zero-order chi connectivity index (χ0) is 10.3. The number of piperidine rings is 1. The summed E-state index contributed by atoms with van der Waals surface area (Å²) in [6, 6.07) is 9.46. The van der Waals surface area contributed by atoms with Crippen molar-refractivity contribution in [3.8, 4) is 0 Å². The molecule has 1 fully saturated rings. The van der Waals surface area contributed by atoms with Gasteiger partial charge in [-0.1, -0.05) is 25.1 Å². The molecule has 0 aromatic heterocycles. The SMILES string of the molecule is CC12CCCNC1c1ccccc1SC2. The predicted octanol–water partition coefficient (Wildman–Crippen LogP) is 3.22. The molecule has 0 amide bonds. The molecule has 0 saturated carbocycles. The Balaban J connectivity index is 2.05. The largest absolute Gasteiger partial charge is 0.309 e. The van der Waals surface area contributed by atoms with Crippen molar-refractivity contribution >= 4 is 11.8 Å². The molecule has 2 aliphatic heterocycles. The summed E-state index contributed by atoms with van der Waals surface area (Å²) in [5.41, 5.74) is 1.99. The molecule has 2 aliphatic rings. The highest BCUT2D eigenvalue weighted by molar-refractivity contribution is 7.99. The van der Waals surface area contributed by atoms with Crippen LogP contribution in [0.3, 0.4) is 0 Å².